The molecule has 0 saturated carbocycles. The van der Waals surface area contributed by atoms with Crippen molar-refractivity contribution in [2.45, 2.75) is 43.6 Å². The standard InChI is InChI=1S/C19H27N3O2S/c1-15-5-4-6-16(20-15)10-21-13-19(14-21)9-17(12-25-19)24-11-18(23)22-7-2-3-8-22/h4-6,17H,2-3,7-14H2,1H3/t17-/m0/s1. The third kappa shape index (κ3) is 4.01. The number of amides is 1. The van der Waals surface area contributed by atoms with Crippen LogP contribution < -0.4 is 0 Å². The van der Waals surface area contributed by atoms with E-state index in [0.717, 1.165) is 69.1 Å². The number of ether oxygens (including phenoxy) is 1. The summed E-state index contributed by atoms with van der Waals surface area (Å²) >= 11 is 2.03. The van der Waals surface area contributed by atoms with E-state index in [-0.39, 0.29) is 18.6 Å². The zero-order chi connectivity index (χ0) is 17.3. The van der Waals surface area contributed by atoms with Gasteiger partial charge in [-0.1, -0.05) is 6.07 Å². The lowest BCUT2D eigenvalue weighted by molar-refractivity contribution is -0.136. The summed E-state index contributed by atoms with van der Waals surface area (Å²) in [4.78, 5) is 21.1. The lowest BCUT2D eigenvalue weighted by atomic mass is 9.93. The molecule has 1 amide bonds. The fraction of sp³-hybridized carbons (Fsp3) is 0.684. The Morgan fingerprint density at radius 1 is 1.36 bits per heavy atom. The first kappa shape index (κ1) is 17.3. The monoisotopic (exact) mass is 361 g/mol. The molecule has 1 atom stereocenters. The Kier molecular flexibility index (Phi) is 5.02. The van der Waals surface area contributed by atoms with Gasteiger partial charge in [0.05, 0.1) is 11.8 Å². The van der Waals surface area contributed by atoms with Gasteiger partial charge in [0.2, 0.25) is 5.91 Å². The van der Waals surface area contributed by atoms with Crippen LogP contribution in [0.3, 0.4) is 0 Å². The molecule has 4 rings (SSSR count). The molecular weight excluding hydrogens is 334 g/mol. The molecule has 3 aliphatic rings. The van der Waals surface area contributed by atoms with E-state index in [1.54, 1.807) is 0 Å². The fourth-order valence-corrected chi connectivity index (χ4v) is 5.78. The normalized spacial score (nSPS) is 25.5. The minimum Gasteiger partial charge on any atom is -0.367 e. The second-order valence-electron chi connectivity index (χ2n) is 7.63. The maximum atomic E-state index is 12.1. The molecule has 0 bridgehead atoms. The first-order valence-corrected chi connectivity index (χ1v) is 10.3. The third-order valence-corrected chi connectivity index (χ3v) is 7.01. The average molecular weight is 362 g/mol. The first-order valence-electron chi connectivity index (χ1n) is 9.30. The molecule has 0 aliphatic carbocycles. The minimum absolute atomic E-state index is 0.171. The van der Waals surface area contributed by atoms with Crippen molar-refractivity contribution in [3.63, 3.8) is 0 Å². The molecular formula is C19H27N3O2S. The molecule has 3 saturated heterocycles. The number of aromatic nitrogens is 1. The topological polar surface area (TPSA) is 45.7 Å². The Morgan fingerprint density at radius 3 is 2.92 bits per heavy atom. The molecule has 0 unspecified atom stereocenters. The van der Waals surface area contributed by atoms with Gasteiger partial charge in [-0.3, -0.25) is 14.7 Å². The van der Waals surface area contributed by atoms with Gasteiger partial charge < -0.3 is 9.64 Å². The van der Waals surface area contributed by atoms with Crippen LogP contribution in [0.2, 0.25) is 0 Å². The summed E-state index contributed by atoms with van der Waals surface area (Å²) in [5.74, 6) is 1.19. The highest BCUT2D eigenvalue weighted by atomic mass is 32.2. The second kappa shape index (κ2) is 7.25. The smallest absolute Gasteiger partial charge is 0.248 e. The highest BCUT2D eigenvalue weighted by Gasteiger charge is 2.49. The van der Waals surface area contributed by atoms with Crippen LogP contribution in [0.5, 0.6) is 0 Å². The largest absolute Gasteiger partial charge is 0.367 e. The Bertz CT molecular complexity index is 627. The number of rotatable bonds is 5. The fourth-order valence-electron chi connectivity index (χ4n) is 4.17. The molecule has 25 heavy (non-hydrogen) atoms. The van der Waals surface area contributed by atoms with Crippen molar-refractivity contribution in [3.05, 3.63) is 29.6 Å². The highest BCUT2D eigenvalue weighted by molar-refractivity contribution is 8.01. The quantitative estimate of drug-likeness (QED) is 0.804. The summed E-state index contributed by atoms with van der Waals surface area (Å²) < 4.78 is 6.27. The molecule has 5 nitrogen and oxygen atoms in total. The third-order valence-electron chi connectivity index (χ3n) is 5.43. The zero-order valence-corrected chi connectivity index (χ0v) is 15.8. The number of carbonyl (C=O) groups excluding carboxylic acids is 1. The Morgan fingerprint density at radius 2 is 2.16 bits per heavy atom. The highest BCUT2D eigenvalue weighted by Crippen LogP contribution is 2.46. The Balaban J connectivity index is 1.20. The van der Waals surface area contributed by atoms with Crippen molar-refractivity contribution in [2.24, 2.45) is 0 Å². The number of aryl methyl sites for hydroxylation is 1. The van der Waals surface area contributed by atoms with E-state index in [9.17, 15) is 4.79 Å². The van der Waals surface area contributed by atoms with Gasteiger partial charge in [0.1, 0.15) is 6.61 Å². The molecule has 1 spiro atoms. The summed E-state index contributed by atoms with van der Waals surface area (Å²) in [6.07, 6.45) is 3.58. The number of thioether (sulfide) groups is 1. The predicted octanol–water partition coefficient (Wildman–Crippen LogP) is 2.09. The van der Waals surface area contributed by atoms with Crippen molar-refractivity contribution in [1.29, 1.82) is 0 Å². The Labute approximate surface area is 154 Å². The number of pyridine rings is 1. The molecule has 0 aromatic carbocycles. The van der Waals surface area contributed by atoms with Gasteiger partial charge in [-0.05, 0) is 38.3 Å². The van der Waals surface area contributed by atoms with Crippen LogP contribution in [0.4, 0.5) is 0 Å². The molecule has 4 heterocycles. The van der Waals surface area contributed by atoms with Crippen LogP contribution >= 0.6 is 11.8 Å². The molecule has 0 N–H and O–H groups in total. The lowest BCUT2D eigenvalue weighted by Gasteiger charge is -2.47. The number of nitrogens with zero attached hydrogens (tertiary/aromatic N) is 3. The summed E-state index contributed by atoms with van der Waals surface area (Å²) in [7, 11) is 0. The van der Waals surface area contributed by atoms with Crippen LogP contribution in [-0.2, 0) is 16.1 Å². The SMILES string of the molecule is Cc1cccc(CN2CC3(C[C@H](OCC(=O)N4CCCC4)CS3)C2)n1. The van der Waals surface area contributed by atoms with E-state index < -0.39 is 0 Å². The molecule has 3 aliphatic heterocycles. The maximum Gasteiger partial charge on any atom is 0.248 e. The predicted molar refractivity (Wildman–Crippen MR) is 99.6 cm³/mol. The van der Waals surface area contributed by atoms with Crippen molar-refractivity contribution in [1.82, 2.24) is 14.8 Å². The molecule has 136 valence electrons. The number of hydrogen-bond acceptors (Lipinski definition) is 5. The Hall–Kier alpha value is -1.11. The summed E-state index contributed by atoms with van der Waals surface area (Å²) in [5, 5.41) is 0. The first-order chi connectivity index (χ1) is 12.1. The van der Waals surface area contributed by atoms with Gasteiger partial charge >= 0.3 is 0 Å². The van der Waals surface area contributed by atoms with Gasteiger partial charge in [0, 0.05) is 48.9 Å². The van der Waals surface area contributed by atoms with Crippen molar-refractivity contribution in [3.8, 4) is 0 Å². The molecule has 1 aromatic rings. The van der Waals surface area contributed by atoms with E-state index in [2.05, 4.69) is 22.0 Å². The van der Waals surface area contributed by atoms with Crippen LogP contribution in [0, 0.1) is 6.92 Å². The molecule has 6 heteroatoms. The van der Waals surface area contributed by atoms with Gasteiger partial charge in [0.25, 0.3) is 0 Å². The van der Waals surface area contributed by atoms with Crippen LogP contribution in [0.1, 0.15) is 30.7 Å². The van der Waals surface area contributed by atoms with E-state index in [1.807, 2.05) is 29.7 Å². The van der Waals surface area contributed by atoms with E-state index in [0.29, 0.717) is 4.75 Å². The summed E-state index contributed by atoms with van der Waals surface area (Å²) in [5.41, 5.74) is 2.24. The number of hydrogen-bond donors (Lipinski definition) is 0. The van der Waals surface area contributed by atoms with Crippen molar-refractivity contribution < 1.29 is 9.53 Å². The number of likely N-dealkylation sites (tertiary alicyclic amines) is 2. The summed E-state index contributed by atoms with van der Waals surface area (Å²) in [6.45, 7) is 7.27. The summed E-state index contributed by atoms with van der Waals surface area (Å²) in [6, 6.07) is 6.23. The van der Waals surface area contributed by atoms with Crippen LogP contribution in [0.25, 0.3) is 0 Å². The van der Waals surface area contributed by atoms with Crippen molar-refractivity contribution >= 4 is 17.7 Å². The molecule has 0 radical (unpaired) electrons. The van der Waals surface area contributed by atoms with Crippen molar-refractivity contribution in [2.75, 3.05) is 38.5 Å². The molecule has 1 aromatic heterocycles. The van der Waals surface area contributed by atoms with Gasteiger partial charge in [-0.25, -0.2) is 0 Å². The molecule has 3 fully saturated rings. The van der Waals surface area contributed by atoms with Gasteiger partial charge in [0.15, 0.2) is 0 Å². The van der Waals surface area contributed by atoms with Gasteiger partial charge in [-0.2, -0.15) is 0 Å². The maximum absolute atomic E-state index is 12.1. The number of carbonyl (C=O) groups is 1. The zero-order valence-electron chi connectivity index (χ0n) is 14.9. The van der Waals surface area contributed by atoms with Crippen LogP contribution in [0.15, 0.2) is 18.2 Å². The lowest BCUT2D eigenvalue weighted by Crippen LogP contribution is -2.58. The van der Waals surface area contributed by atoms with Crippen LogP contribution in [-0.4, -0.2) is 70.1 Å². The van der Waals surface area contributed by atoms with E-state index in [4.69, 9.17) is 4.74 Å². The van der Waals surface area contributed by atoms with Gasteiger partial charge in [-0.15, -0.1) is 11.8 Å². The average Bonchev–Trinajstić information content (AvgIpc) is 3.22. The van der Waals surface area contributed by atoms with E-state index >= 15 is 0 Å². The van der Waals surface area contributed by atoms with E-state index in [1.165, 1.54) is 0 Å². The minimum atomic E-state index is 0.171. The second-order valence-corrected chi connectivity index (χ2v) is 9.12.